The number of nitrogen functional groups attached to an aromatic ring is 1. The highest BCUT2D eigenvalue weighted by molar-refractivity contribution is 9.10. The van der Waals surface area contributed by atoms with Crippen LogP contribution in [-0.4, -0.2) is 4.98 Å². The number of aromatic amines is 1. The topological polar surface area (TPSA) is 89.4 Å². The van der Waals surface area contributed by atoms with Crippen molar-refractivity contribution >= 4 is 34.0 Å². The third-order valence-electron chi connectivity index (χ3n) is 2.61. The third kappa shape index (κ3) is 2.24. The molecule has 0 aliphatic rings. The molecule has 0 saturated carbocycles. The van der Waals surface area contributed by atoms with E-state index in [2.05, 4.69) is 20.9 Å². The Kier molecular flexibility index (Phi) is 3.66. The zero-order valence-corrected chi connectivity index (χ0v) is 12.0. The lowest BCUT2D eigenvalue weighted by Crippen LogP contribution is -2.01. The molecule has 3 N–H and O–H groups in total. The lowest BCUT2D eigenvalue weighted by atomic mass is 9.97. The number of hydrogen-bond donors (Lipinski definition) is 2. The molecule has 2 rings (SSSR count). The molecule has 1 heterocycles. The van der Waals surface area contributed by atoms with Gasteiger partial charge in [0.25, 0.3) is 0 Å². The SMILES string of the molecule is N#Cc1c(N)[nH]c(=S)c(C#N)c1-c1ccccc1Br. The second-order valence-corrected chi connectivity index (χ2v) is 4.96. The zero-order valence-electron chi connectivity index (χ0n) is 9.57. The van der Waals surface area contributed by atoms with E-state index in [1.807, 2.05) is 30.3 Å². The van der Waals surface area contributed by atoms with Gasteiger partial charge < -0.3 is 10.7 Å². The van der Waals surface area contributed by atoms with Gasteiger partial charge in [0.2, 0.25) is 0 Å². The summed E-state index contributed by atoms with van der Waals surface area (Å²) in [7, 11) is 0. The number of hydrogen-bond acceptors (Lipinski definition) is 4. The largest absolute Gasteiger partial charge is 0.384 e. The fourth-order valence-corrected chi connectivity index (χ4v) is 2.52. The number of nitrogens with zero attached hydrogens (tertiary/aromatic N) is 2. The van der Waals surface area contributed by atoms with Gasteiger partial charge in [0, 0.05) is 10.0 Å². The summed E-state index contributed by atoms with van der Waals surface area (Å²) in [5.41, 5.74) is 7.40. The zero-order chi connectivity index (χ0) is 14.0. The van der Waals surface area contributed by atoms with Crippen LogP contribution in [0.5, 0.6) is 0 Å². The Bertz CT molecular complexity index is 796. The molecule has 0 unspecified atom stereocenters. The molecule has 0 amide bonds. The first-order valence-corrected chi connectivity index (χ1v) is 6.41. The van der Waals surface area contributed by atoms with Crippen molar-refractivity contribution in [2.24, 2.45) is 0 Å². The predicted octanol–water partition coefficient (Wildman–Crippen LogP) is 3.50. The molecule has 0 atom stereocenters. The number of nitrogens with one attached hydrogen (secondary N) is 1. The van der Waals surface area contributed by atoms with Crippen LogP contribution < -0.4 is 5.73 Å². The van der Waals surface area contributed by atoms with E-state index in [0.29, 0.717) is 11.1 Å². The number of anilines is 1. The van der Waals surface area contributed by atoms with Gasteiger partial charge in [-0.25, -0.2) is 0 Å². The molecule has 0 spiro atoms. The van der Waals surface area contributed by atoms with E-state index >= 15 is 0 Å². The van der Waals surface area contributed by atoms with E-state index in [0.717, 1.165) is 4.47 Å². The molecule has 4 nitrogen and oxygen atoms in total. The van der Waals surface area contributed by atoms with Gasteiger partial charge in [0.1, 0.15) is 28.2 Å². The number of halogens is 1. The van der Waals surface area contributed by atoms with Crippen LogP contribution in [0.15, 0.2) is 28.7 Å². The second-order valence-electron chi connectivity index (χ2n) is 3.70. The van der Waals surface area contributed by atoms with Crippen molar-refractivity contribution in [2.75, 3.05) is 5.73 Å². The molecule has 0 aliphatic carbocycles. The first-order chi connectivity index (χ1) is 9.10. The van der Waals surface area contributed by atoms with Crippen LogP contribution in [0, 0.1) is 27.3 Å². The van der Waals surface area contributed by atoms with Gasteiger partial charge in [0.15, 0.2) is 0 Å². The fourth-order valence-electron chi connectivity index (χ4n) is 1.78. The van der Waals surface area contributed by atoms with Gasteiger partial charge in [-0.05, 0) is 11.6 Å². The molecule has 0 bridgehead atoms. The maximum Gasteiger partial charge on any atom is 0.123 e. The Labute approximate surface area is 123 Å². The summed E-state index contributed by atoms with van der Waals surface area (Å²) in [6.07, 6.45) is 0. The van der Waals surface area contributed by atoms with E-state index in [9.17, 15) is 10.5 Å². The van der Waals surface area contributed by atoms with Crippen molar-refractivity contribution in [3.63, 3.8) is 0 Å². The first kappa shape index (κ1) is 13.3. The molecule has 0 aliphatic heterocycles. The van der Waals surface area contributed by atoms with Crippen LogP contribution in [0.25, 0.3) is 11.1 Å². The normalized spacial score (nSPS) is 9.63. The third-order valence-corrected chi connectivity index (χ3v) is 3.61. The minimum Gasteiger partial charge on any atom is -0.384 e. The first-order valence-electron chi connectivity index (χ1n) is 5.21. The Morgan fingerprint density at radius 2 is 1.79 bits per heavy atom. The fraction of sp³-hybridized carbons (Fsp3) is 0. The second kappa shape index (κ2) is 5.23. The van der Waals surface area contributed by atoms with Gasteiger partial charge in [-0.15, -0.1) is 0 Å². The van der Waals surface area contributed by atoms with Crippen LogP contribution >= 0.6 is 28.1 Å². The molecule has 1 aromatic carbocycles. The molecule has 0 radical (unpaired) electrons. The molecule has 1 aromatic heterocycles. The Morgan fingerprint density at radius 1 is 1.16 bits per heavy atom. The van der Waals surface area contributed by atoms with E-state index in [4.69, 9.17) is 18.0 Å². The monoisotopic (exact) mass is 330 g/mol. The summed E-state index contributed by atoms with van der Waals surface area (Å²) >= 11 is 8.50. The number of benzene rings is 1. The van der Waals surface area contributed by atoms with E-state index in [1.54, 1.807) is 6.07 Å². The highest BCUT2D eigenvalue weighted by Crippen LogP contribution is 2.35. The van der Waals surface area contributed by atoms with Crippen molar-refractivity contribution < 1.29 is 0 Å². The summed E-state index contributed by atoms with van der Waals surface area (Å²) in [5.74, 6) is 0.164. The lowest BCUT2D eigenvalue weighted by Gasteiger charge is -2.11. The molecular formula is C13H7BrN4S. The van der Waals surface area contributed by atoms with Crippen molar-refractivity contribution in [1.82, 2.24) is 4.98 Å². The number of H-pyrrole nitrogens is 1. The standard InChI is InChI=1S/C13H7BrN4S/c14-10-4-2-1-3-7(10)11-8(5-15)12(17)18-13(19)9(11)6-16/h1-4H,(H3,17,18,19). The van der Waals surface area contributed by atoms with Crippen LogP contribution in [0.4, 0.5) is 5.82 Å². The van der Waals surface area contributed by atoms with E-state index in [1.165, 1.54) is 0 Å². The predicted molar refractivity (Wildman–Crippen MR) is 78.6 cm³/mol. The minimum absolute atomic E-state index is 0.164. The summed E-state index contributed by atoms with van der Waals surface area (Å²) in [4.78, 5) is 2.67. The van der Waals surface area contributed by atoms with E-state index in [-0.39, 0.29) is 21.6 Å². The van der Waals surface area contributed by atoms with Crippen LogP contribution in [-0.2, 0) is 0 Å². The van der Waals surface area contributed by atoms with Gasteiger partial charge in [-0.1, -0.05) is 46.3 Å². The van der Waals surface area contributed by atoms with Crippen molar-refractivity contribution in [1.29, 1.82) is 10.5 Å². The summed E-state index contributed by atoms with van der Waals surface area (Å²) in [6, 6.07) is 11.3. The molecule has 0 saturated heterocycles. The van der Waals surface area contributed by atoms with Crippen molar-refractivity contribution in [3.05, 3.63) is 44.5 Å². The Morgan fingerprint density at radius 3 is 2.37 bits per heavy atom. The number of rotatable bonds is 1. The highest BCUT2D eigenvalue weighted by Gasteiger charge is 2.17. The van der Waals surface area contributed by atoms with Gasteiger partial charge in [-0.3, -0.25) is 0 Å². The van der Waals surface area contributed by atoms with Crippen LogP contribution in [0.3, 0.4) is 0 Å². The summed E-state index contributed by atoms with van der Waals surface area (Å²) < 4.78 is 0.993. The Balaban J connectivity index is 2.99. The quantitative estimate of drug-likeness (QED) is 0.783. The van der Waals surface area contributed by atoms with Crippen molar-refractivity contribution in [2.45, 2.75) is 0 Å². The number of nitrogens with two attached hydrogens (primary N) is 1. The van der Waals surface area contributed by atoms with Gasteiger partial charge in [0.05, 0.1) is 5.56 Å². The number of pyridine rings is 1. The molecule has 6 heteroatoms. The summed E-state index contributed by atoms with van der Waals surface area (Å²) in [6.45, 7) is 0. The number of aromatic nitrogens is 1. The maximum atomic E-state index is 9.26. The van der Waals surface area contributed by atoms with Crippen LogP contribution in [0.2, 0.25) is 0 Å². The molecule has 92 valence electrons. The maximum absolute atomic E-state index is 9.26. The average molecular weight is 331 g/mol. The molecule has 2 aromatic rings. The van der Waals surface area contributed by atoms with E-state index < -0.39 is 0 Å². The van der Waals surface area contributed by atoms with Gasteiger partial charge >= 0.3 is 0 Å². The minimum atomic E-state index is 0.164. The lowest BCUT2D eigenvalue weighted by molar-refractivity contribution is 1.26. The Hall–Kier alpha value is -2.15. The molecule has 19 heavy (non-hydrogen) atoms. The smallest absolute Gasteiger partial charge is 0.123 e. The molecule has 0 fully saturated rings. The van der Waals surface area contributed by atoms with Gasteiger partial charge in [-0.2, -0.15) is 10.5 Å². The highest BCUT2D eigenvalue weighted by atomic mass is 79.9. The van der Waals surface area contributed by atoms with Crippen molar-refractivity contribution in [3.8, 4) is 23.3 Å². The molecular weight excluding hydrogens is 324 g/mol. The summed E-state index contributed by atoms with van der Waals surface area (Å²) in [5, 5.41) is 18.5. The number of nitriles is 2. The van der Waals surface area contributed by atoms with Crippen LogP contribution in [0.1, 0.15) is 11.1 Å². The average Bonchev–Trinajstić information content (AvgIpc) is 2.38.